The minimum atomic E-state index is 0. The second-order valence-corrected chi connectivity index (χ2v) is 5.77. The van der Waals surface area contributed by atoms with E-state index in [1.54, 1.807) is 0 Å². The van der Waals surface area contributed by atoms with Crippen LogP contribution in [0.4, 0.5) is 5.69 Å². The molecular formula is C16H27Cl2N3O. The van der Waals surface area contributed by atoms with Crippen molar-refractivity contribution in [2.24, 2.45) is 11.7 Å². The Bertz CT molecular complexity index is 454. The maximum absolute atomic E-state index is 12.2. The van der Waals surface area contributed by atoms with Crippen molar-refractivity contribution >= 4 is 36.4 Å². The molecule has 126 valence electrons. The fourth-order valence-corrected chi connectivity index (χ4v) is 2.77. The highest BCUT2D eigenvalue weighted by molar-refractivity contribution is 5.93. The van der Waals surface area contributed by atoms with E-state index < -0.39 is 0 Å². The lowest BCUT2D eigenvalue weighted by Crippen LogP contribution is -2.40. The van der Waals surface area contributed by atoms with Gasteiger partial charge in [-0.2, -0.15) is 0 Å². The number of rotatable bonds is 4. The van der Waals surface area contributed by atoms with Crippen LogP contribution in [-0.4, -0.2) is 37.0 Å². The Morgan fingerprint density at radius 2 is 1.77 bits per heavy atom. The molecule has 6 heteroatoms. The summed E-state index contributed by atoms with van der Waals surface area (Å²) < 4.78 is 0. The molecule has 0 radical (unpaired) electrons. The van der Waals surface area contributed by atoms with E-state index in [4.69, 9.17) is 5.73 Å². The molecule has 1 aromatic rings. The first kappa shape index (κ1) is 21.2. The van der Waals surface area contributed by atoms with Crippen molar-refractivity contribution in [1.82, 2.24) is 4.90 Å². The lowest BCUT2D eigenvalue weighted by atomic mass is 9.97. The number of nitrogens with one attached hydrogen (secondary N) is 1. The molecule has 4 nitrogen and oxygen atoms in total. The topological polar surface area (TPSA) is 58.4 Å². The van der Waals surface area contributed by atoms with E-state index in [2.05, 4.69) is 10.2 Å². The Morgan fingerprint density at radius 1 is 1.23 bits per heavy atom. The third kappa shape index (κ3) is 5.76. The number of nitrogens with zero attached hydrogens (tertiary/aromatic N) is 1. The zero-order valence-corrected chi connectivity index (χ0v) is 14.9. The van der Waals surface area contributed by atoms with Crippen LogP contribution in [0.2, 0.25) is 0 Å². The molecule has 0 aromatic heterocycles. The van der Waals surface area contributed by atoms with E-state index >= 15 is 0 Å². The summed E-state index contributed by atoms with van der Waals surface area (Å²) in [7, 11) is 0. The molecule has 1 aromatic carbocycles. The van der Waals surface area contributed by atoms with Gasteiger partial charge in [-0.3, -0.25) is 9.69 Å². The van der Waals surface area contributed by atoms with Gasteiger partial charge in [0.25, 0.3) is 0 Å². The SMILES string of the molecule is Cc1cccc(C)c1NC(=O)CN1CCC(CN)CC1.Cl.Cl. The molecule has 1 aliphatic rings. The number of para-hydroxylation sites is 1. The van der Waals surface area contributed by atoms with Crippen LogP contribution in [0.1, 0.15) is 24.0 Å². The summed E-state index contributed by atoms with van der Waals surface area (Å²) in [5, 5.41) is 3.05. The van der Waals surface area contributed by atoms with Crippen molar-refractivity contribution in [3.05, 3.63) is 29.3 Å². The number of carbonyl (C=O) groups excluding carboxylic acids is 1. The van der Waals surface area contributed by atoms with Crippen LogP contribution in [-0.2, 0) is 4.79 Å². The molecule has 3 N–H and O–H groups in total. The van der Waals surface area contributed by atoms with Gasteiger partial charge in [-0.1, -0.05) is 18.2 Å². The summed E-state index contributed by atoms with van der Waals surface area (Å²) in [6.45, 7) is 7.24. The number of halogens is 2. The lowest BCUT2D eigenvalue weighted by molar-refractivity contribution is -0.117. The minimum Gasteiger partial charge on any atom is -0.330 e. The number of benzene rings is 1. The molecule has 0 aliphatic carbocycles. The average Bonchev–Trinajstić information content (AvgIpc) is 2.44. The smallest absolute Gasteiger partial charge is 0.238 e. The number of aryl methyl sites for hydroxylation is 2. The summed E-state index contributed by atoms with van der Waals surface area (Å²) in [6.07, 6.45) is 2.21. The van der Waals surface area contributed by atoms with Crippen LogP contribution >= 0.6 is 24.8 Å². The standard InChI is InChI=1S/C16H25N3O.2ClH/c1-12-4-3-5-13(2)16(12)18-15(20)11-19-8-6-14(10-17)7-9-19;;/h3-5,14H,6-11,17H2,1-2H3,(H,18,20);2*1H. The first-order valence-corrected chi connectivity index (χ1v) is 7.38. The van der Waals surface area contributed by atoms with Gasteiger partial charge in [0.05, 0.1) is 6.54 Å². The van der Waals surface area contributed by atoms with Crippen molar-refractivity contribution in [3.63, 3.8) is 0 Å². The molecule has 0 bridgehead atoms. The highest BCUT2D eigenvalue weighted by atomic mass is 35.5. The number of piperidine rings is 1. The molecule has 0 spiro atoms. The highest BCUT2D eigenvalue weighted by Crippen LogP contribution is 2.20. The maximum atomic E-state index is 12.2. The Balaban J connectivity index is 0.00000220. The largest absolute Gasteiger partial charge is 0.330 e. The van der Waals surface area contributed by atoms with Crippen molar-refractivity contribution in [2.45, 2.75) is 26.7 Å². The number of anilines is 1. The molecule has 0 atom stereocenters. The van der Waals surface area contributed by atoms with Crippen LogP contribution in [0.5, 0.6) is 0 Å². The van der Waals surface area contributed by atoms with Crippen LogP contribution < -0.4 is 11.1 Å². The van der Waals surface area contributed by atoms with Gasteiger partial charge in [0.2, 0.25) is 5.91 Å². The van der Waals surface area contributed by atoms with Gasteiger partial charge in [-0.15, -0.1) is 24.8 Å². The summed E-state index contributed by atoms with van der Waals surface area (Å²) in [5.41, 5.74) is 8.86. The van der Waals surface area contributed by atoms with E-state index in [0.717, 1.165) is 49.3 Å². The predicted octanol–water partition coefficient (Wildman–Crippen LogP) is 2.76. The second kappa shape index (κ2) is 10.1. The third-order valence-electron chi connectivity index (χ3n) is 4.15. The lowest BCUT2D eigenvalue weighted by Gasteiger charge is -2.30. The van der Waals surface area contributed by atoms with Crippen LogP contribution in [0.3, 0.4) is 0 Å². The van der Waals surface area contributed by atoms with Crippen LogP contribution in [0.15, 0.2) is 18.2 Å². The summed E-state index contributed by atoms with van der Waals surface area (Å²) >= 11 is 0. The van der Waals surface area contributed by atoms with Gasteiger partial charge in [-0.05, 0) is 63.4 Å². The van der Waals surface area contributed by atoms with Gasteiger partial charge in [0.15, 0.2) is 0 Å². The number of amides is 1. The Labute approximate surface area is 145 Å². The molecule has 1 heterocycles. The van der Waals surface area contributed by atoms with Crippen molar-refractivity contribution in [3.8, 4) is 0 Å². The van der Waals surface area contributed by atoms with Gasteiger partial charge < -0.3 is 11.1 Å². The third-order valence-corrected chi connectivity index (χ3v) is 4.15. The summed E-state index contributed by atoms with van der Waals surface area (Å²) in [6, 6.07) is 6.06. The summed E-state index contributed by atoms with van der Waals surface area (Å²) in [4.78, 5) is 14.4. The number of hydrogen-bond donors (Lipinski definition) is 2. The Kier molecular flexibility index (Phi) is 9.69. The fraction of sp³-hybridized carbons (Fsp3) is 0.562. The van der Waals surface area contributed by atoms with Gasteiger partial charge in [0, 0.05) is 5.69 Å². The molecule has 1 amide bonds. The Hall–Kier alpha value is -0.810. The molecule has 22 heavy (non-hydrogen) atoms. The fourth-order valence-electron chi connectivity index (χ4n) is 2.77. The maximum Gasteiger partial charge on any atom is 0.238 e. The predicted molar refractivity (Wildman–Crippen MR) is 97.3 cm³/mol. The first-order valence-electron chi connectivity index (χ1n) is 7.38. The zero-order chi connectivity index (χ0) is 14.5. The number of likely N-dealkylation sites (tertiary alicyclic amines) is 1. The normalized spacial score (nSPS) is 15.6. The minimum absolute atomic E-state index is 0. The van der Waals surface area contributed by atoms with Crippen molar-refractivity contribution in [2.75, 3.05) is 31.5 Å². The number of hydrogen-bond acceptors (Lipinski definition) is 3. The quantitative estimate of drug-likeness (QED) is 0.880. The molecule has 1 aliphatic heterocycles. The first-order chi connectivity index (χ1) is 9.60. The number of nitrogens with two attached hydrogens (primary N) is 1. The molecular weight excluding hydrogens is 321 g/mol. The van der Waals surface area contributed by atoms with Crippen molar-refractivity contribution in [1.29, 1.82) is 0 Å². The molecule has 2 rings (SSSR count). The zero-order valence-electron chi connectivity index (χ0n) is 13.3. The monoisotopic (exact) mass is 347 g/mol. The van der Waals surface area contributed by atoms with E-state index in [1.807, 2.05) is 32.0 Å². The average molecular weight is 348 g/mol. The second-order valence-electron chi connectivity index (χ2n) is 5.77. The molecule has 0 saturated carbocycles. The van der Waals surface area contributed by atoms with E-state index in [-0.39, 0.29) is 30.7 Å². The van der Waals surface area contributed by atoms with E-state index in [1.165, 1.54) is 0 Å². The van der Waals surface area contributed by atoms with Crippen molar-refractivity contribution < 1.29 is 4.79 Å². The van der Waals surface area contributed by atoms with Gasteiger partial charge in [-0.25, -0.2) is 0 Å². The van der Waals surface area contributed by atoms with Crippen LogP contribution in [0, 0.1) is 19.8 Å². The molecule has 0 unspecified atom stereocenters. The Morgan fingerprint density at radius 3 is 2.27 bits per heavy atom. The van der Waals surface area contributed by atoms with Gasteiger partial charge >= 0.3 is 0 Å². The van der Waals surface area contributed by atoms with E-state index in [9.17, 15) is 4.79 Å². The molecule has 1 saturated heterocycles. The highest BCUT2D eigenvalue weighted by Gasteiger charge is 2.20. The van der Waals surface area contributed by atoms with Gasteiger partial charge in [0.1, 0.15) is 0 Å². The molecule has 1 fully saturated rings. The number of carbonyl (C=O) groups is 1. The van der Waals surface area contributed by atoms with Crippen LogP contribution in [0.25, 0.3) is 0 Å². The van der Waals surface area contributed by atoms with E-state index in [0.29, 0.717) is 12.5 Å². The summed E-state index contributed by atoms with van der Waals surface area (Å²) in [5.74, 6) is 0.710.